The highest BCUT2D eigenvalue weighted by Gasteiger charge is 2.20. The molecule has 3 rings (SSSR count). The first-order chi connectivity index (χ1) is 16.2. The van der Waals surface area contributed by atoms with E-state index in [1.807, 2.05) is 11.8 Å². The lowest BCUT2D eigenvalue weighted by atomic mass is 10.1. The summed E-state index contributed by atoms with van der Waals surface area (Å²) in [5.74, 6) is -0.0197. The highest BCUT2D eigenvalue weighted by atomic mass is 32.2. The summed E-state index contributed by atoms with van der Waals surface area (Å²) in [6.07, 6.45) is 5.73. The smallest absolute Gasteiger partial charge is 0.260 e. The van der Waals surface area contributed by atoms with Crippen LogP contribution in [0, 0.1) is 6.92 Å². The average molecular weight is 487 g/mol. The van der Waals surface area contributed by atoms with E-state index in [0.29, 0.717) is 17.0 Å². The minimum Gasteiger partial charge on any atom is -0.484 e. The lowest BCUT2D eigenvalue weighted by Crippen LogP contribution is -2.39. The number of ether oxygens (including phenoxy) is 1. The zero-order valence-electron chi connectivity index (χ0n) is 19.4. The van der Waals surface area contributed by atoms with Gasteiger partial charge in [0.2, 0.25) is 10.0 Å². The van der Waals surface area contributed by atoms with Crippen LogP contribution in [-0.4, -0.2) is 63.8 Å². The molecule has 1 saturated heterocycles. The molecular weight excluding hydrogens is 456 g/mol. The van der Waals surface area contributed by atoms with Crippen LogP contribution in [0.3, 0.4) is 0 Å². The van der Waals surface area contributed by atoms with E-state index in [9.17, 15) is 18.0 Å². The molecule has 0 unspecified atom stereocenters. The Kier molecular flexibility index (Phi) is 8.64. The van der Waals surface area contributed by atoms with Gasteiger partial charge >= 0.3 is 0 Å². The number of nitrogens with zero attached hydrogens (tertiary/aromatic N) is 3. The van der Waals surface area contributed by atoms with E-state index in [0.717, 1.165) is 48.5 Å². The van der Waals surface area contributed by atoms with Crippen LogP contribution in [-0.2, 0) is 19.6 Å². The van der Waals surface area contributed by atoms with Crippen molar-refractivity contribution in [2.45, 2.75) is 26.2 Å². The second kappa shape index (κ2) is 11.6. The minimum atomic E-state index is -3.65. The van der Waals surface area contributed by atoms with Crippen molar-refractivity contribution in [3.8, 4) is 5.75 Å². The van der Waals surface area contributed by atoms with Gasteiger partial charge in [-0.2, -0.15) is 5.10 Å². The zero-order valence-corrected chi connectivity index (χ0v) is 20.3. The maximum Gasteiger partial charge on any atom is 0.260 e. The summed E-state index contributed by atoms with van der Waals surface area (Å²) in [4.78, 5) is 26.3. The molecule has 0 spiro atoms. The van der Waals surface area contributed by atoms with E-state index in [-0.39, 0.29) is 12.5 Å². The average Bonchev–Trinajstić information content (AvgIpc) is 2.82. The van der Waals surface area contributed by atoms with Crippen molar-refractivity contribution in [2.75, 3.05) is 36.8 Å². The van der Waals surface area contributed by atoms with Gasteiger partial charge in [-0.05, 0) is 68.1 Å². The first-order valence-corrected chi connectivity index (χ1v) is 12.9. The summed E-state index contributed by atoms with van der Waals surface area (Å²) in [6, 6.07) is 13.8. The van der Waals surface area contributed by atoms with Crippen LogP contribution in [0.2, 0.25) is 0 Å². The SMILES string of the molecule is Cc1ccc(N(CC(=O)N/N=C\c2ccc(OCC(=O)N3CCCCC3)cc2)S(C)(=O)=O)cc1. The molecule has 0 aliphatic carbocycles. The molecule has 34 heavy (non-hydrogen) atoms. The Hall–Kier alpha value is -3.40. The number of carbonyl (C=O) groups is 2. The molecule has 182 valence electrons. The molecule has 0 atom stereocenters. The summed E-state index contributed by atoms with van der Waals surface area (Å²) in [5, 5.41) is 3.90. The monoisotopic (exact) mass is 486 g/mol. The molecule has 1 fully saturated rings. The minimum absolute atomic E-state index is 0.00130. The number of amides is 2. The molecule has 9 nitrogen and oxygen atoms in total. The number of carbonyl (C=O) groups excluding carboxylic acids is 2. The second-order valence-corrected chi connectivity index (χ2v) is 10.1. The number of hydrazone groups is 1. The number of piperidine rings is 1. The van der Waals surface area contributed by atoms with Crippen molar-refractivity contribution in [2.24, 2.45) is 5.10 Å². The number of aryl methyl sites for hydroxylation is 1. The Morgan fingerprint density at radius 2 is 1.71 bits per heavy atom. The number of sulfonamides is 1. The van der Waals surface area contributed by atoms with E-state index in [4.69, 9.17) is 4.74 Å². The van der Waals surface area contributed by atoms with E-state index >= 15 is 0 Å². The topological polar surface area (TPSA) is 108 Å². The summed E-state index contributed by atoms with van der Waals surface area (Å²) in [5.41, 5.74) is 4.44. The number of likely N-dealkylation sites (tertiary alicyclic amines) is 1. The summed E-state index contributed by atoms with van der Waals surface area (Å²) < 4.78 is 30.9. The molecule has 1 aliphatic heterocycles. The van der Waals surface area contributed by atoms with E-state index in [2.05, 4.69) is 10.5 Å². The molecule has 1 heterocycles. The number of hydrogen-bond donors (Lipinski definition) is 1. The molecule has 10 heteroatoms. The Bertz CT molecular complexity index is 1110. The third kappa shape index (κ3) is 7.58. The first-order valence-electron chi connectivity index (χ1n) is 11.1. The fraction of sp³-hybridized carbons (Fsp3) is 0.375. The molecule has 0 bridgehead atoms. The number of rotatable bonds is 9. The molecule has 0 saturated carbocycles. The van der Waals surface area contributed by atoms with Gasteiger partial charge in [0.25, 0.3) is 11.8 Å². The van der Waals surface area contributed by atoms with Gasteiger partial charge in [0.1, 0.15) is 12.3 Å². The highest BCUT2D eigenvalue weighted by Crippen LogP contribution is 2.18. The third-order valence-electron chi connectivity index (χ3n) is 5.36. The quantitative estimate of drug-likeness (QED) is 0.432. The maximum atomic E-state index is 12.3. The van der Waals surface area contributed by atoms with Crippen LogP contribution in [0.5, 0.6) is 5.75 Å². The summed E-state index contributed by atoms with van der Waals surface area (Å²) in [6.45, 7) is 3.08. The van der Waals surface area contributed by atoms with Crippen molar-refractivity contribution in [1.29, 1.82) is 0 Å². The standard InChI is InChI=1S/C24H30N4O5S/c1-19-6-10-21(11-7-19)28(34(2,31)32)17-23(29)26-25-16-20-8-12-22(13-9-20)33-18-24(30)27-14-4-3-5-15-27/h6-13,16H,3-5,14-15,17-18H2,1-2H3,(H,26,29)/b25-16-. The van der Waals surface area contributed by atoms with Crippen molar-refractivity contribution >= 4 is 33.7 Å². The van der Waals surface area contributed by atoms with Gasteiger partial charge in [-0.1, -0.05) is 17.7 Å². The normalized spacial score (nSPS) is 14.1. The van der Waals surface area contributed by atoms with E-state index < -0.39 is 22.5 Å². The summed E-state index contributed by atoms with van der Waals surface area (Å²) in [7, 11) is -3.65. The van der Waals surface area contributed by atoms with E-state index in [1.165, 1.54) is 6.21 Å². The Morgan fingerprint density at radius 3 is 2.32 bits per heavy atom. The Labute approximate surface area is 200 Å². The van der Waals surface area contributed by atoms with Crippen molar-refractivity contribution in [3.05, 3.63) is 59.7 Å². The predicted molar refractivity (Wildman–Crippen MR) is 131 cm³/mol. The van der Waals surface area contributed by atoms with Gasteiger partial charge < -0.3 is 9.64 Å². The molecule has 0 aromatic heterocycles. The molecular formula is C24H30N4O5S. The van der Waals surface area contributed by atoms with E-state index in [1.54, 1.807) is 48.5 Å². The third-order valence-corrected chi connectivity index (χ3v) is 6.50. The number of nitrogens with one attached hydrogen (secondary N) is 1. The van der Waals surface area contributed by atoms with Crippen LogP contribution in [0.4, 0.5) is 5.69 Å². The Balaban J connectivity index is 1.49. The molecule has 2 aromatic rings. The molecule has 2 aromatic carbocycles. The molecule has 0 radical (unpaired) electrons. The van der Waals surface area contributed by atoms with Crippen LogP contribution in [0.25, 0.3) is 0 Å². The van der Waals surface area contributed by atoms with Gasteiger partial charge in [0.15, 0.2) is 6.61 Å². The summed E-state index contributed by atoms with van der Waals surface area (Å²) >= 11 is 0. The number of anilines is 1. The number of benzene rings is 2. The lowest BCUT2D eigenvalue weighted by molar-refractivity contribution is -0.134. The van der Waals surface area contributed by atoms with Crippen LogP contribution >= 0.6 is 0 Å². The number of hydrogen-bond acceptors (Lipinski definition) is 6. The van der Waals surface area contributed by atoms with Crippen molar-refractivity contribution < 1.29 is 22.7 Å². The van der Waals surface area contributed by atoms with Gasteiger partial charge in [-0.25, -0.2) is 13.8 Å². The van der Waals surface area contributed by atoms with Crippen molar-refractivity contribution in [3.63, 3.8) is 0 Å². The fourth-order valence-corrected chi connectivity index (χ4v) is 4.34. The molecule has 1 aliphatic rings. The van der Waals surface area contributed by atoms with Crippen LogP contribution < -0.4 is 14.5 Å². The van der Waals surface area contributed by atoms with Crippen LogP contribution in [0.15, 0.2) is 53.6 Å². The van der Waals surface area contributed by atoms with Gasteiger partial charge in [-0.15, -0.1) is 0 Å². The predicted octanol–water partition coefficient (Wildman–Crippen LogP) is 2.30. The second-order valence-electron chi connectivity index (χ2n) is 8.20. The van der Waals surface area contributed by atoms with Crippen molar-refractivity contribution in [1.82, 2.24) is 10.3 Å². The van der Waals surface area contributed by atoms with Gasteiger partial charge in [0.05, 0.1) is 18.2 Å². The largest absolute Gasteiger partial charge is 0.484 e. The zero-order chi connectivity index (χ0) is 24.6. The van der Waals surface area contributed by atoms with Gasteiger partial charge in [0, 0.05) is 13.1 Å². The molecule has 1 N–H and O–H groups in total. The highest BCUT2D eigenvalue weighted by molar-refractivity contribution is 7.92. The fourth-order valence-electron chi connectivity index (χ4n) is 3.49. The Morgan fingerprint density at radius 1 is 1.06 bits per heavy atom. The molecule has 2 amide bonds. The maximum absolute atomic E-state index is 12.3. The van der Waals surface area contributed by atoms with Gasteiger partial charge in [-0.3, -0.25) is 13.9 Å². The lowest BCUT2D eigenvalue weighted by Gasteiger charge is -2.26. The van der Waals surface area contributed by atoms with Crippen LogP contribution in [0.1, 0.15) is 30.4 Å². The first kappa shape index (κ1) is 25.2.